The molecule has 2 heterocycles. The Balaban J connectivity index is 1.72. The highest BCUT2D eigenvalue weighted by Gasteiger charge is 2.30. The van der Waals surface area contributed by atoms with E-state index in [1.54, 1.807) is 16.9 Å². The molecule has 6 nitrogen and oxygen atoms in total. The average molecular weight is 521 g/mol. The molecule has 9 heteroatoms. The lowest BCUT2D eigenvalue weighted by atomic mass is 10.1. The lowest BCUT2D eigenvalue weighted by Gasteiger charge is -2.35. The van der Waals surface area contributed by atoms with Gasteiger partial charge in [0.05, 0.1) is 24.1 Å². The Bertz CT molecular complexity index is 1200. The number of carbonyl (C=O) groups is 2. The topological polar surface area (TPSA) is 54.8 Å². The van der Waals surface area contributed by atoms with E-state index >= 15 is 0 Å². The van der Waals surface area contributed by atoms with Gasteiger partial charge in [-0.2, -0.15) is 0 Å². The van der Waals surface area contributed by atoms with Crippen molar-refractivity contribution in [2.45, 2.75) is 11.8 Å². The van der Waals surface area contributed by atoms with Crippen LogP contribution in [0.4, 0.5) is 0 Å². The standard InChI is InChI=1S/C25H24Cl3N3O3/c1-16-19(24(32)29-11-13-30(14-12-29)25(33)23(27)28)15-21(17-7-9-18(26)10-8-17)31(16)20-5-3-4-6-22(20)34-2/h3-10,15,23H,11-14H2,1-2H3. The first kappa shape index (κ1) is 24.5. The number of alkyl halides is 2. The van der Waals surface area contributed by atoms with E-state index in [0.29, 0.717) is 42.5 Å². The molecule has 1 aliphatic rings. The lowest BCUT2D eigenvalue weighted by molar-refractivity contribution is -0.130. The Labute approximate surface area is 213 Å². The summed E-state index contributed by atoms with van der Waals surface area (Å²) in [6.45, 7) is 3.50. The van der Waals surface area contributed by atoms with Crippen molar-refractivity contribution in [1.29, 1.82) is 0 Å². The number of aromatic nitrogens is 1. The second-order valence-electron chi connectivity index (χ2n) is 7.96. The molecule has 3 aromatic rings. The van der Waals surface area contributed by atoms with Gasteiger partial charge in [-0.3, -0.25) is 9.59 Å². The van der Waals surface area contributed by atoms with Crippen LogP contribution in [0.3, 0.4) is 0 Å². The van der Waals surface area contributed by atoms with Crippen LogP contribution in [0.2, 0.25) is 5.02 Å². The predicted octanol–water partition coefficient (Wildman–Crippen LogP) is 5.20. The van der Waals surface area contributed by atoms with Crippen molar-refractivity contribution in [3.8, 4) is 22.7 Å². The first-order valence-electron chi connectivity index (χ1n) is 10.8. The fourth-order valence-electron chi connectivity index (χ4n) is 4.22. The van der Waals surface area contributed by atoms with Crippen LogP contribution in [0.15, 0.2) is 54.6 Å². The maximum atomic E-state index is 13.6. The molecule has 0 saturated carbocycles. The minimum absolute atomic E-state index is 0.0956. The zero-order chi connectivity index (χ0) is 24.4. The molecule has 0 N–H and O–H groups in total. The fourth-order valence-corrected chi connectivity index (χ4v) is 4.62. The van der Waals surface area contributed by atoms with Gasteiger partial charge in [0.25, 0.3) is 11.8 Å². The number of hydrogen-bond acceptors (Lipinski definition) is 3. The number of amides is 2. The first-order valence-corrected chi connectivity index (χ1v) is 12.0. The van der Waals surface area contributed by atoms with E-state index in [1.807, 2.05) is 66.1 Å². The summed E-state index contributed by atoms with van der Waals surface area (Å²) >= 11 is 17.6. The Morgan fingerprint density at radius 3 is 2.18 bits per heavy atom. The summed E-state index contributed by atoms with van der Waals surface area (Å²) in [4.78, 5) is 27.9. The van der Waals surface area contributed by atoms with Crippen LogP contribution in [0, 0.1) is 6.92 Å². The van der Waals surface area contributed by atoms with E-state index < -0.39 is 4.84 Å². The van der Waals surface area contributed by atoms with Crippen LogP contribution in [0.1, 0.15) is 16.1 Å². The normalized spacial score (nSPS) is 13.9. The second kappa shape index (κ2) is 10.3. The largest absolute Gasteiger partial charge is 0.495 e. The summed E-state index contributed by atoms with van der Waals surface area (Å²) in [5.41, 5.74) is 3.98. The van der Waals surface area contributed by atoms with Gasteiger partial charge in [-0.05, 0) is 42.8 Å². The number of piperazine rings is 1. The molecule has 34 heavy (non-hydrogen) atoms. The van der Waals surface area contributed by atoms with E-state index in [0.717, 1.165) is 22.6 Å². The monoisotopic (exact) mass is 519 g/mol. The van der Waals surface area contributed by atoms with Gasteiger partial charge in [0, 0.05) is 36.9 Å². The minimum atomic E-state index is -1.10. The number of halogens is 3. The van der Waals surface area contributed by atoms with Crippen molar-refractivity contribution in [3.63, 3.8) is 0 Å². The van der Waals surface area contributed by atoms with Gasteiger partial charge in [-0.1, -0.05) is 59.1 Å². The lowest BCUT2D eigenvalue weighted by Crippen LogP contribution is -2.51. The highest BCUT2D eigenvalue weighted by molar-refractivity contribution is 6.53. The predicted molar refractivity (Wildman–Crippen MR) is 135 cm³/mol. The molecule has 0 aliphatic carbocycles. The van der Waals surface area contributed by atoms with E-state index in [1.165, 1.54) is 0 Å². The SMILES string of the molecule is COc1ccccc1-n1c(-c2ccc(Cl)cc2)cc(C(=O)N2CCN(C(=O)C(Cl)Cl)CC2)c1C. The zero-order valence-electron chi connectivity index (χ0n) is 18.8. The summed E-state index contributed by atoms with van der Waals surface area (Å²) in [7, 11) is 1.62. The van der Waals surface area contributed by atoms with Gasteiger partial charge < -0.3 is 19.1 Å². The quantitative estimate of drug-likeness (QED) is 0.434. The van der Waals surface area contributed by atoms with Gasteiger partial charge in [0.2, 0.25) is 0 Å². The molecule has 0 radical (unpaired) electrons. The Morgan fingerprint density at radius 2 is 1.56 bits per heavy atom. The number of carbonyl (C=O) groups excluding carboxylic acids is 2. The van der Waals surface area contributed by atoms with Crippen molar-refractivity contribution in [2.24, 2.45) is 0 Å². The molecule has 2 aromatic carbocycles. The van der Waals surface area contributed by atoms with Gasteiger partial charge in [0.1, 0.15) is 5.75 Å². The van der Waals surface area contributed by atoms with Gasteiger partial charge >= 0.3 is 0 Å². The fraction of sp³-hybridized carbons (Fsp3) is 0.280. The van der Waals surface area contributed by atoms with Gasteiger partial charge in [-0.15, -0.1) is 0 Å². The zero-order valence-corrected chi connectivity index (χ0v) is 21.1. The summed E-state index contributed by atoms with van der Waals surface area (Å²) in [6.07, 6.45) is 0. The summed E-state index contributed by atoms with van der Waals surface area (Å²) in [6, 6.07) is 17.1. The molecule has 2 amide bonds. The number of ether oxygens (including phenoxy) is 1. The van der Waals surface area contributed by atoms with Crippen molar-refractivity contribution in [3.05, 3.63) is 70.9 Å². The maximum absolute atomic E-state index is 13.6. The van der Waals surface area contributed by atoms with Crippen LogP contribution >= 0.6 is 34.8 Å². The molecule has 0 atom stereocenters. The number of methoxy groups -OCH3 is 1. The van der Waals surface area contributed by atoms with Crippen LogP contribution in [0.25, 0.3) is 16.9 Å². The third-order valence-corrected chi connectivity index (χ3v) is 6.63. The molecule has 0 bridgehead atoms. The van der Waals surface area contributed by atoms with Crippen LogP contribution in [0.5, 0.6) is 5.75 Å². The highest BCUT2D eigenvalue weighted by atomic mass is 35.5. The van der Waals surface area contributed by atoms with E-state index in [-0.39, 0.29) is 11.8 Å². The minimum Gasteiger partial charge on any atom is -0.495 e. The van der Waals surface area contributed by atoms with E-state index in [4.69, 9.17) is 39.5 Å². The molecule has 1 aromatic heterocycles. The number of para-hydroxylation sites is 2. The van der Waals surface area contributed by atoms with E-state index in [9.17, 15) is 9.59 Å². The number of benzene rings is 2. The van der Waals surface area contributed by atoms with Crippen molar-refractivity contribution >= 4 is 46.6 Å². The molecule has 1 aliphatic heterocycles. The molecule has 178 valence electrons. The Kier molecular flexibility index (Phi) is 7.41. The summed E-state index contributed by atoms with van der Waals surface area (Å²) < 4.78 is 7.64. The van der Waals surface area contributed by atoms with Crippen molar-refractivity contribution in [1.82, 2.24) is 14.4 Å². The summed E-state index contributed by atoms with van der Waals surface area (Å²) in [5.74, 6) is 0.264. The highest BCUT2D eigenvalue weighted by Crippen LogP contribution is 2.34. The second-order valence-corrected chi connectivity index (χ2v) is 9.49. The van der Waals surface area contributed by atoms with Crippen LogP contribution < -0.4 is 4.74 Å². The maximum Gasteiger partial charge on any atom is 0.255 e. The average Bonchev–Trinajstić information content (AvgIpc) is 3.20. The molecular formula is C25H24Cl3N3O3. The third kappa shape index (κ3) is 4.76. The number of nitrogens with zero attached hydrogens (tertiary/aromatic N) is 3. The molecule has 0 unspecified atom stereocenters. The van der Waals surface area contributed by atoms with Crippen LogP contribution in [-0.2, 0) is 4.79 Å². The smallest absolute Gasteiger partial charge is 0.255 e. The van der Waals surface area contributed by atoms with Crippen molar-refractivity contribution < 1.29 is 14.3 Å². The number of rotatable bonds is 5. The first-order chi connectivity index (χ1) is 16.3. The molecule has 1 saturated heterocycles. The Hall–Kier alpha value is -2.67. The van der Waals surface area contributed by atoms with Crippen LogP contribution in [-0.4, -0.2) is 64.3 Å². The van der Waals surface area contributed by atoms with Gasteiger partial charge in [-0.25, -0.2) is 0 Å². The van der Waals surface area contributed by atoms with Gasteiger partial charge in [0.15, 0.2) is 4.84 Å². The molecule has 0 spiro atoms. The molecule has 1 fully saturated rings. The summed E-state index contributed by atoms with van der Waals surface area (Å²) in [5, 5.41) is 0.635. The molecule has 4 rings (SSSR count). The molecular weight excluding hydrogens is 497 g/mol. The number of hydrogen-bond donors (Lipinski definition) is 0. The van der Waals surface area contributed by atoms with E-state index in [2.05, 4.69) is 0 Å². The third-order valence-electron chi connectivity index (χ3n) is 6.01. The van der Waals surface area contributed by atoms with Crippen molar-refractivity contribution in [2.75, 3.05) is 33.3 Å². The Morgan fingerprint density at radius 1 is 0.941 bits per heavy atom.